The quantitative estimate of drug-likeness (QED) is 0.193. The van der Waals surface area contributed by atoms with E-state index in [-0.39, 0.29) is 154 Å². The van der Waals surface area contributed by atoms with Gasteiger partial charge < -0.3 is 57.7 Å². The summed E-state index contributed by atoms with van der Waals surface area (Å²) in [5.74, 6) is 0. The summed E-state index contributed by atoms with van der Waals surface area (Å²) in [5, 5.41) is 0. The summed E-state index contributed by atoms with van der Waals surface area (Å²) < 4.78 is 25.6. The zero-order valence-electron chi connectivity index (χ0n) is 8.94. The van der Waals surface area contributed by atoms with Crippen LogP contribution in [0.5, 0.6) is 0 Å². The number of phosphoric acid groups is 3. The molecule has 0 amide bonds. The first-order chi connectivity index (χ1) is 6.00. The smallest absolute Gasteiger partial charge is 0.822 e. The standard InChI is InChI=1S/Al.3H3O4P.3Sr/c;3*1-5(2,3)4;;;/h;3*(H3,1,2,3,4);;;/q+3;;;;3*+2/p-9. The third-order valence-electron chi connectivity index (χ3n) is 0. The van der Waals surface area contributed by atoms with E-state index in [1.54, 1.807) is 0 Å². The zero-order valence-corrected chi connectivity index (χ0v) is 23.2. The molecule has 96 valence electrons. The molecule has 0 N–H and O–H groups in total. The van der Waals surface area contributed by atoms with Gasteiger partial charge in [-0.15, -0.1) is 0 Å². The van der Waals surface area contributed by atoms with Crippen molar-refractivity contribution in [1.82, 2.24) is 0 Å². The van der Waals surface area contributed by atoms with E-state index < -0.39 is 23.5 Å². The van der Waals surface area contributed by atoms with Crippen molar-refractivity contribution in [3.8, 4) is 0 Å². The van der Waals surface area contributed by atoms with E-state index in [1.807, 2.05) is 0 Å². The Morgan fingerprint density at radius 2 is 0.421 bits per heavy atom. The first kappa shape index (κ1) is 44.1. The second kappa shape index (κ2) is 21.3. The molecule has 19 heavy (non-hydrogen) atoms. The van der Waals surface area contributed by atoms with Gasteiger partial charge >= 0.3 is 154 Å². The molecule has 0 aliphatic carbocycles. The van der Waals surface area contributed by atoms with E-state index >= 15 is 0 Å². The molecular formula is AlO12P3Sr3. The molecular weight excluding hydrogens is 575 g/mol. The van der Waals surface area contributed by atoms with Gasteiger partial charge in [0.1, 0.15) is 0 Å². The molecule has 0 saturated carbocycles. The second-order valence-corrected chi connectivity index (χ2v) is 4.02. The zero-order chi connectivity index (χ0) is 13.5. The monoisotopic (exact) mass is 576 g/mol. The Kier molecular flexibility index (Phi) is 49.5. The van der Waals surface area contributed by atoms with Crippen LogP contribution in [0.1, 0.15) is 0 Å². The minimum absolute atomic E-state index is 0. The van der Waals surface area contributed by atoms with Crippen LogP contribution in [0, 0.1) is 0 Å². The Balaban J connectivity index is -0.0000000206. The molecule has 0 rings (SSSR count). The number of hydrogen-bond donors (Lipinski definition) is 0. The van der Waals surface area contributed by atoms with Gasteiger partial charge in [0.15, 0.2) is 0 Å². The summed E-state index contributed by atoms with van der Waals surface area (Å²) in [4.78, 5) is 76.9. The van der Waals surface area contributed by atoms with Gasteiger partial charge in [-0.2, -0.15) is 23.5 Å². The summed E-state index contributed by atoms with van der Waals surface area (Å²) in [6.07, 6.45) is 0. The molecule has 0 aromatic rings. The molecule has 0 aliphatic rings. The molecule has 0 radical (unpaired) electrons. The van der Waals surface area contributed by atoms with Gasteiger partial charge in [-0.25, -0.2) is 0 Å². The maximum Gasteiger partial charge on any atom is 3.00 e. The fourth-order valence-electron chi connectivity index (χ4n) is 0. The molecule has 0 heterocycles. The first-order valence-electron chi connectivity index (χ1n) is 2.19. The topological polar surface area (TPSA) is 259 Å². The first-order valence-corrected chi connectivity index (χ1v) is 6.57. The minimum Gasteiger partial charge on any atom is -0.822 e. The molecule has 0 unspecified atom stereocenters. The van der Waals surface area contributed by atoms with E-state index in [0.29, 0.717) is 0 Å². The van der Waals surface area contributed by atoms with Crippen LogP contribution in [0.3, 0.4) is 0 Å². The molecule has 0 saturated heterocycles. The molecule has 0 atom stereocenters. The van der Waals surface area contributed by atoms with E-state index in [0.717, 1.165) is 0 Å². The van der Waals surface area contributed by atoms with Crippen LogP contribution in [0.15, 0.2) is 0 Å². The van der Waals surface area contributed by atoms with E-state index in [9.17, 15) is 0 Å². The molecule has 0 aliphatic heterocycles. The van der Waals surface area contributed by atoms with Gasteiger partial charge in [0.2, 0.25) is 0 Å². The molecule has 0 fully saturated rings. The number of hydrogen-bond acceptors (Lipinski definition) is 12. The summed E-state index contributed by atoms with van der Waals surface area (Å²) in [7, 11) is -16.2. The summed E-state index contributed by atoms with van der Waals surface area (Å²) >= 11 is 0. The van der Waals surface area contributed by atoms with Crippen LogP contribution < -0.4 is 44.0 Å². The fourth-order valence-corrected chi connectivity index (χ4v) is 0. The van der Waals surface area contributed by atoms with Crippen molar-refractivity contribution in [3.63, 3.8) is 0 Å². The second-order valence-electron chi connectivity index (χ2n) is 1.34. The van der Waals surface area contributed by atoms with Gasteiger partial charge in [0.05, 0.1) is 0 Å². The molecule has 12 nitrogen and oxygen atoms in total. The fraction of sp³-hybridized carbons (Fsp3) is 0. The van der Waals surface area contributed by atoms with E-state index in [1.165, 1.54) is 0 Å². The van der Waals surface area contributed by atoms with Crippen molar-refractivity contribution in [3.05, 3.63) is 0 Å². The van der Waals surface area contributed by atoms with E-state index in [4.69, 9.17) is 57.7 Å². The minimum atomic E-state index is -5.39. The number of rotatable bonds is 0. The van der Waals surface area contributed by atoms with Crippen LogP contribution >= 0.6 is 23.5 Å². The van der Waals surface area contributed by atoms with Crippen LogP contribution in [-0.4, -0.2) is 154 Å². The normalized spacial score (nSPS) is 9.32. The van der Waals surface area contributed by atoms with Crippen molar-refractivity contribution < 1.29 is 57.7 Å². The van der Waals surface area contributed by atoms with Crippen molar-refractivity contribution in [2.24, 2.45) is 0 Å². The average molecular weight is 575 g/mol. The van der Waals surface area contributed by atoms with Crippen molar-refractivity contribution >= 4 is 177 Å². The Bertz CT molecular complexity index is 214. The largest absolute Gasteiger partial charge is 3.00 e. The molecule has 0 bridgehead atoms. The van der Waals surface area contributed by atoms with Crippen LogP contribution in [0.4, 0.5) is 0 Å². The van der Waals surface area contributed by atoms with Gasteiger partial charge in [-0.05, 0) is 0 Å². The van der Waals surface area contributed by atoms with Gasteiger partial charge in [0, 0.05) is 0 Å². The Morgan fingerprint density at radius 3 is 0.421 bits per heavy atom. The Morgan fingerprint density at radius 1 is 0.421 bits per heavy atom. The van der Waals surface area contributed by atoms with Gasteiger partial charge in [-0.3, -0.25) is 0 Å². The summed E-state index contributed by atoms with van der Waals surface area (Å²) in [6.45, 7) is 0. The SMILES string of the molecule is O=P([O-])([O-])[O-].O=P([O-])([O-])[O-].O=P([O-])([O-])[O-].[Al+3].[Sr+2].[Sr+2].[Sr+2]. The van der Waals surface area contributed by atoms with Gasteiger partial charge in [-0.1, -0.05) is 0 Å². The predicted octanol–water partition coefficient (Wildman–Crippen LogP) is -10.00. The molecule has 0 aromatic carbocycles. The predicted molar refractivity (Wildman–Crippen MR) is 45.8 cm³/mol. The molecule has 0 aromatic heterocycles. The van der Waals surface area contributed by atoms with Gasteiger partial charge in [0.25, 0.3) is 0 Å². The summed E-state index contributed by atoms with van der Waals surface area (Å²) in [5.41, 5.74) is 0. The molecule has 0 spiro atoms. The van der Waals surface area contributed by atoms with Crippen LogP contribution in [0.2, 0.25) is 0 Å². The summed E-state index contributed by atoms with van der Waals surface area (Å²) in [6, 6.07) is 0. The van der Waals surface area contributed by atoms with Crippen molar-refractivity contribution in [1.29, 1.82) is 0 Å². The third-order valence-corrected chi connectivity index (χ3v) is 0. The Hall–Kier alpha value is 5.30. The third kappa shape index (κ3) is 376. The van der Waals surface area contributed by atoms with Crippen molar-refractivity contribution in [2.75, 3.05) is 0 Å². The maximum absolute atomic E-state index is 8.55. The van der Waals surface area contributed by atoms with Crippen LogP contribution in [-0.2, 0) is 13.7 Å². The van der Waals surface area contributed by atoms with E-state index in [2.05, 4.69) is 0 Å². The van der Waals surface area contributed by atoms with Crippen LogP contribution in [0.25, 0.3) is 0 Å². The molecule has 19 heteroatoms. The van der Waals surface area contributed by atoms with Crippen molar-refractivity contribution in [2.45, 2.75) is 0 Å². The Labute approximate surface area is 229 Å². The average Bonchev–Trinajstić information content (AvgIpc) is 1.41. The maximum atomic E-state index is 8.55.